The molecule has 0 spiro atoms. The molecule has 0 bridgehead atoms. The predicted molar refractivity (Wildman–Crippen MR) is 134 cm³/mol. The lowest BCUT2D eigenvalue weighted by Crippen LogP contribution is -2.49. The summed E-state index contributed by atoms with van der Waals surface area (Å²) >= 11 is 8.69. The van der Waals surface area contributed by atoms with Crippen LogP contribution in [0.4, 0.5) is 0 Å². The summed E-state index contributed by atoms with van der Waals surface area (Å²) in [5, 5.41) is 6.29. The van der Waals surface area contributed by atoms with Crippen molar-refractivity contribution in [1.29, 1.82) is 0 Å². The number of carbonyl (C=O) groups excluding carboxylic acids is 3. The first-order chi connectivity index (χ1) is 17.5. The Kier molecular flexibility index (Phi) is 7.77. The molecule has 2 saturated heterocycles. The Bertz CT molecular complexity index is 1240. The number of ether oxygens (including phenoxy) is 2. The number of piperidine rings is 1. The van der Waals surface area contributed by atoms with Gasteiger partial charge in [-0.05, 0) is 30.0 Å². The smallest absolute Gasteiger partial charge is 0.323 e. The summed E-state index contributed by atoms with van der Waals surface area (Å²) in [5.41, 5.74) is 0. The molecule has 0 aromatic carbocycles. The third-order valence-electron chi connectivity index (χ3n) is 6.03. The van der Waals surface area contributed by atoms with Gasteiger partial charge in [0.15, 0.2) is 5.82 Å². The number of aromatic nitrogens is 3. The lowest BCUT2D eigenvalue weighted by atomic mass is 9.96. The Morgan fingerprint density at radius 1 is 1.22 bits per heavy atom. The molecule has 190 valence electrons. The number of nitrogens with zero attached hydrogens (tertiary/aromatic N) is 5. The third-order valence-corrected chi connectivity index (χ3v) is 8.09. The zero-order valence-electron chi connectivity index (χ0n) is 19.3. The highest BCUT2D eigenvalue weighted by molar-refractivity contribution is 7.16. The number of morpholine rings is 1. The van der Waals surface area contributed by atoms with Gasteiger partial charge in [-0.15, -0.1) is 32.5 Å². The van der Waals surface area contributed by atoms with Gasteiger partial charge in [-0.3, -0.25) is 24.2 Å². The molecule has 13 heteroatoms. The minimum atomic E-state index is -0.352. The molecule has 1 atom stereocenters. The SMILES string of the molecule is O=C1CCC(c2nc(OCc3ccc(Cl)s3)n(C(=O)c3cccs3)n2)CN1C(=O)CN1CCOCC1. The first-order valence-corrected chi connectivity index (χ1v) is 13.6. The van der Waals surface area contributed by atoms with Gasteiger partial charge in [0.2, 0.25) is 11.8 Å². The van der Waals surface area contributed by atoms with Gasteiger partial charge >= 0.3 is 6.01 Å². The molecule has 5 rings (SSSR count). The molecule has 0 aliphatic carbocycles. The van der Waals surface area contributed by atoms with E-state index in [0.29, 0.717) is 47.8 Å². The van der Waals surface area contributed by atoms with Gasteiger partial charge < -0.3 is 9.47 Å². The second kappa shape index (κ2) is 11.2. The van der Waals surface area contributed by atoms with Crippen LogP contribution in [-0.2, 0) is 20.9 Å². The Balaban J connectivity index is 1.35. The Morgan fingerprint density at radius 2 is 2.06 bits per heavy atom. The summed E-state index contributed by atoms with van der Waals surface area (Å²) in [6, 6.07) is 7.19. The number of likely N-dealkylation sites (tertiary alicyclic amines) is 1. The van der Waals surface area contributed by atoms with Crippen LogP contribution in [0.25, 0.3) is 0 Å². The van der Waals surface area contributed by atoms with E-state index >= 15 is 0 Å². The van der Waals surface area contributed by atoms with Crippen molar-refractivity contribution in [3.8, 4) is 6.01 Å². The highest BCUT2D eigenvalue weighted by Gasteiger charge is 2.35. The summed E-state index contributed by atoms with van der Waals surface area (Å²) in [5.74, 6) is -0.727. The maximum Gasteiger partial charge on any atom is 0.323 e. The standard InChI is InChI=1S/C23H24ClN5O5S2/c24-18-5-4-16(36-18)14-34-23-25-21(26-29(23)22(32)17-2-1-11-35-17)15-3-6-19(30)28(12-15)20(31)13-27-7-9-33-10-8-27/h1-2,4-5,11,15H,3,6-10,12-14H2. The number of imide groups is 1. The number of amides is 2. The fraction of sp³-hybridized carbons (Fsp3) is 0.435. The number of rotatable bonds is 7. The molecular weight excluding hydrogens is 526 g/mol. The first kappa shape index (κ1) is 25.0. The Hall–Kier alpha value is -2.64. The molecule has 1 unspecified atom stereocenters. The minimum absolute atomic E-state index is 0.0658. The van der Waals surface area contributed by atoms with Crippen LogP contribution in [0.3, 0.4) is 0 Å². The van der Waals surface area contributed by atoms with Gasteiger partial charge in [-0.25, -0.2) is 0 Å². The highest BCUT2D eigenvalue weighted by Crippen LogP contribution is 2.29. The molecule has 3 aromatic heterocycles. The zero-order valence-corrected chi connectivity index (χ0v) is 21.7. The van der Waals surface area contributed by atoms with Gasteiger partial charge in [-0.1, -0.05) is 17.7 Å². The van der Waals surface area contributed by atoms with Crippen LogP contribution in [-0.4, -0.2) is 81.7 Å². The molecule has 3 aromatic rings. The van der Waals surface area contributed by atoms with E-state index in [1.165, 1.54) is 27.6 Å². The van der Waals surface area contributed by atoms with Crippen LogP contribution in [0.15, 0.2) is 29.6 Å². The fourth-order valence-electron chi connectivity index (χ4n) is 4.11. The van der Waals surface area contributed by atoms with Crippen molar-refractivity contribution in [3.05, 3.63) is 49.6 Å². The van der Waals surface area contributed by atoms with Gasteiger partial charge in [0.05, 0.1) is 29.0 Å². The number of thiophene rings is 2. The first-order valence-electron chi connectivity index (χ1n) is 11.5. The molecule has 2 fully saturated rings. The quantitative estimate of drug-likeness (QED) is 0.443. The zero-order chi connectivity index (χ0) is 25.1. The summed E-state index contributed by atoms with van der Waals surface area (Å²) in [7, 11) is 0. The Morgan fingerprint density at radius 3 is 2.78 bits per heavy atom. The van der Waals surface area contributed by atoms with Crippen molar-refractivity contribution in [2.24, 2.45) is 0 Å². The van der Waals surface area contributed by atoms with Crippen molar-refractivity contribution in [1.82, 2.24) is 24.6 Å². The monoisotopic (exact) mass is 549 g/mol. The molecular formula is C23H24ClN5O5S2. The molecule has 2 amide bonds. The molecule has 10 nitrogen and oxygen atoms in total. The molecule has 5 heterocycles. The van der Waals surface area contributed by atoms with E-state index in [0.717, 1.165) is 9.56 Å². The highest BCUT2D eigenvalue weighted by atomic mass is 35.5. The maximum atomic E-state index is 13.1. The lowest BCUT2D eigenvalue weighted by molar-refractivity contribution is -0.148. The normalized spacial score (nSPS) is 19.0. The summed E-state index contributed by atoms with van der Waals surface area (Å²) in [4.78, 5) is 47.8. The number of hydrogen-bond acceptors (Lipinski definition) is 10. The van der Waals surface area contributed by atoms with Gasteiger partial charge in [0, 0.05) is 36.9 Å². The van der Waals surface area contributed by atoms with Gasteiger partial charge in [0.1, 0.15) is 6.61 Å². The second-order valence-electron chi connectivity index (χ2n) is 8.46. The largest absolute Gasteiger partial charge is 0.458 e. The molecule has 0 radical (unpaired) electrons. The van der Waals surface area contributed by atoms with E-state index in [4.69, 9.17) is 21.1 Å². The van der Waals surface area contributed by atoms with Crippen molar-refractivity contribution >= 4 is 52.0 Å². The molecule has 0 N–H and O–H groups in total. The average molecular weight is 550 g/mol. The van der Waals surface area contributed by atoms with Crippen molar-refractivity contribution in [2.45, 2.75) is 25.4 Å². The van der Waals surface area contributed by atoms with E-state index in [-0.39, 0.29) is 55.8 Å². The van der Waals surface area contributed by atoms with Crippen LogP contribution in [0.2, 0.25) is 4.34 Å². The number of hydrogen-bond donors (Lipinski definition) is 0. The van der Waals surface area contributed by atoms with E-state index in [9.17, 15) is 14.4 Å². The van der Waals surface area contributed by atoms with E-state index in [1.54, 1.807) is 18.2 Å². The van der Waals surface area contributed by atoms with Crippen LogP contribution in [0.5, 0.6) is 6.01 Å². The number of carbonyl (C=O) groups is 3. The van der Waals surface area contributed by atoms with E-state index in [2.05, 4.69) is 10.1 Å². The third kappa shape index (κ3) is 5.68. The molecule has 36 heavy (non-hydrogen) atoms. The summed E-state index contributed by atoms with van der Waals surface area (Å²) in [6.07, 6.45) is 0.689. The van der Waals surface area contributed by atoms with E-state index < -0.39 is 0 Å². The van der Waals surface area contributed by atoms with Gasteiger partial charge in [-0.2, -0.15) is 4.98 Å². The topological polar surface area (TPSA) is 107 Å². The van der Waals surface area contributed by atoms with E-state index in [1.807, 2.05) is 16.3 Å². The Labute approximate surface area is 220 Å². The minimum Gasteiger partial charge on any atom is -0.458 e. The van der Waals surface area contributed by atoms with Crippen LogP contribution >= 0.6 is 34.3 Å². The predicted octanol–water partition coefficient (Wildman–Crippen LogP) is 2.89. The van der Waals surface area contributed by atoms with Crippen molar-refractivity contribution in [2.75, 3.05) is 39.4 Å². The summed E-state index contributed by atoms with van der Waals surface area (Å²) < 4.78 is 13.0. The van der Waals surface area contributed by atoms with Crippen LogP contribution in [0.1, 0.15) is 39.1 Å². The lowest BCUT2D eigenvalue weighted by Gasteiger charge is -2.32. The summed E-state index contributed by atoms with van der Waals surface area (Å²) in [6.45, 7) is 2.97. The molecule has 2 aliphatic heterocycles. The molecule has 2 aliphatic rings. The van der Waals surface area contributed by atoms with Crippen LogP contribution in [0, 0.1) is 0 Å². The molecule has 0 saturated carbocycles. The average Bonchev–Trinajstić information content (AvgIpc) is 3.64. The van der Waals surface area contributed by atoms with Gasteiger partial charge in [0.25, 0.3) is 5.91 Å². The maximum absolute atomic E-state index is 13.1. The fourth-order valence-corrected chi connectivity index (χ4v) is 5.76. The number of halogens is 1. The van der Waals surface area contributed by atoms with Crippen molar-refractivity contribution in [3.63, 3.8) is 0 Å². The van der Waals surface area contributed by atoms with Crippen LogP contribution < -0.4 is 4.74 Å². The second-order valence-corrected chi connectivity index (χ2v) is 11.2. The van der Waals surface area contributed by atoms with Crippen molar-refractivity contribution < 1.29 is 23.9 Å².